The van der Waals surface area contributed by atoms with Crippen LogP contribution in [0.1, 0.15) is 13.3 Å². The molecule has 0 bridgehead atoms. The third-order valence-corrected chi connectivity index (χ3v) is 6.35. The van der Waals surface area contributed by atoms with Gasteiger partial charge in [0.15, 0.2) is 0 Å². The maximum Gasteiger partial charge on any atom is 0.261 e. The molecule has 0 fully saturated rings. The second kappa shape index (κ2) is 6.45. The molecule has 1 aliphatic heterocycles. The second-order valence-corrected chi connectivity index (χ2v) is 8.20. The Hall–Kier alpha value is -2.06. The van der Waals surface area contributed by atoms with Crippen LogP contribution in [0.5, 0.6) is 0 Å². The summed E-state index contributed by atoms with van der Waals surface area (Å²) in [6.07, 6.45) is 0.692. The van der Waals surface area contributed by atoms with Crippen molar-refractivity contribution >= 4 is 39.1 Å². The van der Waals surface area contributed by atoms with Crippen LogP contribution in [0.15, 0.2) is 52.3 Å². The maximum atomic E-state index is 13.2. The molecule has 1 amide bonds. The number of sulfonamides is 1. The minimum atomic E-state index is -3.88. The molecular weight excluding hydrogens is 351 g/mol. The number of carbonyl (C=O) groups excluding carboxylic acids is 1. The second-order valence-electron chi connectivity index (χ2n) is 5.28. The maximum absolute atomic E-state index is 13.2. The molecule has 24 heavy (non-hydrogen) atoms. The lowest BCUT2D eigenvalue weighted by atomic mass is 10.2. The summed E-state index contributed by atoms with van der Waals surface area (Å²) >= 11 is 1.41. The van der Waals surface area contributed by atoms with Gasteiger partial charge >= 0.3 is 0 Å². The number of halogens is 1. The van der Waals surface area contributed by atoms with Crippen molar-refractivity contribution in [1.29, 1.82) is 0 Å². The smallest absolute Gasteiger partial charge is 0.261 e. The summed E-state index contributed by atoms with van der Waals surface area (Å²) in [6, 6.07) is 9.75. The lowest BCUT2D eigenvalue weighted by molar-refractivity contribution is -0.115. The molecule has 0 saturated carbocycles. The summed E-state index contributed by atoms with van der Waals surface area (Å²) in [5, 5.41) is 2.56. The van der Waals surface area contributed by atoms with Gasteiger partial charge in [0.05, 0.1) is 21.5 Å². The van der Waals surface area contributed by atoms with E-state index in [-0.39, 0.29) is 21.7 Å². The Kier molecular flexibility index (Phi) is 4.51. The number of thioether (sulfide) groups is 1. The van der Waals surface area contributed by atoms with Gasteiger partial charge in [-0.05, 0) is 42.8 Å². The van der Waals surface area contributed by atoms with Gasteiger partial charge in [-0.2, -0.15) is 0 Å². The molecular formula is C16H15FN2O3S2. The molecule has 0 aromatic heterocycles. The first-order chi connectivity index (χ1) is 11.4. The molecule has 0 saturated heterocycles. The molecule has 126 valence electrons. The van der Waals surface area contributed by atoms with Gasteiger partial charge in [0.2, 0.25) is 5.91 Å². The van der Waals surface area contributed by atoms with E-state index >= 15 is 0 Å². The fourth-order valence-electron chi connectivity index (χ4n) is 2.33. The Morgan fingerprint density at radius 2 is 2.04 bits per heavy atom. The Labute approximate surface area is 143 Å². The topological polar surface area (TPSA) is 75.3 Å². The zero-order chi connectivity index (χ0) is 17.3. The minimum Gasteiger partial charge on any atom is -0.324 e. The quantitative estimate of drug-likeness (QED) is 0.869. The van der Waals surface area contributed by atoms with Crippen LogP contribution in [0.25, 0.3) is 0 Å². The average molecular weight is 366 g/mol. The van der Waals surface area contributed by atoms with Crippen molar-refractivity contribution in [2.75, 3.05) is 10.0 Å². The number of amides is 1. The molecule has 1 atom stereocenters. The Morgan fingerprint density at radius 1 is 1.25 bits per heavy atom. The Morgan fingerprint density at radius 3 is 2.75 bits per heavy atom. The van der Waals surface area contributed by atoms with Crippen LogP contribution in [0.4, 0.5) is 15.8 Å². The first-order valence-electron chi connectivity index (χ1n) is 7.29. The Bertz CT molecular complexity index is 900. The van der Waals surface area contributed by atoms with Crippen molar-refractivity contribution in [1.82, 2.24) is 0 Å². The van der Waals surface area contributed by atoms with E-state index in [4.69, 9.17) is 0 Å². The fraction of sp³-hybridized carbons (Fsp3) is 0.188. The minimum absolute atomic E-state index is 0.00126. The van der Waals surface area contributed by atoms with E-state index in [9.17, 15) is 17.6 Å². The van der Waals surface area contributed by atoms with Crippen molar-refractivity contribution in [2.45, 2.75) is 28.4 Å². The van der Waals surface area contributed by atoms with E-state index in [2.05, 4.69) is 10.0 Å². The van der Waals surface area contributed by atoms with Crippen LogP contribution in [0, 0.1) is 5.82 Å². The summed E-state index contributed by atoms with van der Waals surface area (Å²) in [5.74, 6) is -0.669. The first-order valence-corrected chi connectivity index (χ1v) is 9.65. The molecule has 0 radical (unpaired) electrons. The van der Waals surface area contributed by atoms with Crippen LogP contribution in [-0.2, 0) is 14.8 Å². The highest BCUT2D eigenvalue weighted by atomic mass is 32.2. The number of hydrogen-bond donors (Lipinski definition) is 2. The predicted octanol–water partition coefficient (Wildman–Crippen LogP) is 3.45. The van der Waals surface area contributed by atoms with Crippen molar-refractivity contribution in [3.63, 3.8) is 0 Å². The van der Waals surface area contributed by atoms with Gasteiger partial charge in [-0.3, -0.25) is 9.52 Å². The highest BCUT2D eigenvalue weighted by molar-refractivity contribution is 8.01. The molecule has 0 spiro atoms. The number of rotatable bonds is 4. The molecule has 2 aromatic rings. The van der Waals surface area contributed by atoms with Gasteiger partial charge in [0.25, 0.3) is 10.0 Å². The number of anilines is 2. The van der Waals surface area contributed by atoms with Crippen molar-refractivity contribution in [3.8, 4) is 0 Å². The molecule has 5 nitrogen and oxygen atoms in total. The number of carbonyl (C=O) groups is 1. The Balaban J connectivity index is 1.90. The average Bonchev–Trinajstić information content (AvgIpc) is 2.53. The standard InChI is InChI=1S/C16H15FN2O3S2/c1-2-14-16(20)18-13-9-12(6-7-15(13)23-14)24(21,22)19-11-5-3-4-10(17)8-11/h3-9,14,19H,2H2,1H3,(H,18,20). The molecule has 3 rings (SSSR count). The van der Waals surface area contributed by atoms with Crippen LogP contribution >= 0.6 is 11.8 Å². The molecule has 8 heteroatoms. The lowest BCUT2D eigenvalue weighted by Gasteiger charge is -2.23. The number of benzene rings is 2. The fourth-order valence-corrected chi connectivity index (χ4v) is 4.43. The monoisotopic (exact) mass is 366 g/mol. The lowest BCUT2D eigenvalue weighted by Crippen LogP contribution is -2.28. The summed E-state index contributed by atoms with van der Waals surface area (Å²) < 4.78 is 40.4. The van der Waals surface area contributed by atoms with Crippen LogP contribution in [0.2, 0.25) is 0 Å². The van der Waals surface area contributed by atoms with Gasteiger partial charge in [-0.25, -0.2) is 12.8 Å². The molecule has 0 aliphatic carbocycles. The van der Waals surface area contributed by atoms with E-state index in [1.54, 1.807) is 6.07 Å². The third-order valence-electron chi connectivity index (χ3n) is 3.53. The van der Waals surface area contributed by atoms with E-state index < -0.39 is 15.8 Å². The zero-order valence-corrected chi connectivity index (χ0v) is 14.4. The normalized spacial score (nSPS) is 17.1. The molecule has 1 aliphatic rings. The van der Waals surface area contributed by atoms with Gasteiger partial charge in [-0.1, -0.05) is 13.0 Å². The van der Waals surface area contributed by atoms with Crippen LogP contribution in [-0.4, -0.2) is 19.6 Å². The molecule has 2 N–H and O–H groups in total. The van der Waals surface area contributed by atoms with Crippen molar-refractivity contribution < 1.29 is 17.6 Å². The molecule has 1 unspecified atom stereocenters. The van der Waals surface area contributed by atoms with Crippen LogP contribution < -0.4 is 10.0 Å². The summed E-state index contributed by atoms with van der Waals surface area (Å²) in [6.45, 7) is 1.92. The summed E-state index contributed by atoms with van der Waals surface area (Å²) in [4.78, 5) is 12.8. The highest BCUT2D eigenvalue weighted by Gasteiger charge is 2.27. The van der Waals surface area contributed by atoms with Crippen molar-refractivity contribution in [2.24, 2.45) is 0 Å². The highest BCUT2D eigenvalue weighted by Crippen LogP contribution is 2.38. The molecule has 1 heterocycles. The predicted molar refractivity (Wildman–Crippen MR) is 92.2 cm³/mol. The van der Waals surface area contributed by atoms with Gasteiger partial charge in [0.1, 0.15) is 5.82 Å². The summed E-state index contributed by atoms with van der Waals surface area (Å²) in [5.41, 5.74) is 0.606. The molecule has 2 aromatic carbocycles. The van der Waals surface area contributed by atoms with Crippen LogP contribution in [0.3, 0.4) is 0 Å². The van der Waals surface area contributed by atoms with E-state index in [1.165, 1.54) is 42.1 Å². The SMILES string of the molecule is CCC1Sc2ccc(S(=O)(=O)Nc3cccc(F)c3)cc2NC1=O. The largest absolute Gasteiger partial charge is 0.324 e. The van der Waals surface area contributed by atoms with Gasteiger partial charge < -0.3 is 5.32 Å². The number of hydrogen-bond acceptors (Lipinski definition) is 4. The van der Waals surface area contributed by atoms with E-state index in [1.807, 2.05) is 6.92 Å². The van der Waals surface area contributed by atoms with Gasteiger partial charge in [-0.15, -0.1) is 11.8 Å². The van der Waals surface area contributed by atoms with E-state index in [0.29, 0.717) is 12.1 Å². The third kappa shape index (κ3) is 3.39. The summed E-state index contributed by atoms with van der Waals surface area (Å²) in [7, 11) is -3.88. The zero-order valence-electron chi connectivity index (χ0n) is 12.7. The first kappa shape index (κ1) is 16.8. The van der Waals surface area contributed by atoms with Gasteiger partial charge in [0, 0.05) is 4.90 Å². The van der Waals surface area contributed by atoms with Crippen molar-refractivity contribution in [3.05, 3.63) is 48.3 Å². The van der Waals surface area contributed by atoms with E-state index in [0.717, 1.165) is 11.0 Å². The number of nitrogens with one attached hydrogen (secondary N) is 2. The number of fused-ring (bicyclic) bond motifs is 1.